The van der Waals surface area contributed by atoms with E-state index in [9.17, 15) is 0 Å². The van der Waals surface area contributed by atoms with E-state index in [1.54, 1.807) is 0 Å². The van der Waals surface area contributed by atoms with E-state index in [1.165, 1.54) is 22.1 Å². The Morgan fingerprint density at radius 3 is 2.71 bits per heavy atom. The first-order chi connectivity index (χ1) is 8.11. The van der Waals surface area contributed by atoms with Crippen molar-refractivity contribution in [3.05, 3.63) is 28.2 Å². The Bertz CT molecular complexity index is 392. The van der Waals surface area contributed by atoms with Crippen molar-refractivity contribution in [2.75, 3.05) is 18.0 Å². The van der Waals surface area contributed by atoms with Gasteiger partial charge < -0.3 is 10.6 Å². The Morgan fingerprint density at radius 1 is 1.35 bits per heavy atom. The minimum Gasteiger partial charge on any atom is -0.370 e. The highest BCUT2D eigenvalue weighted by Crippen LogP contribution is 2.32. The van der Waals surface area contributed by atoms with Crippen LogP contribution in [0.5, 0.6) is 0 Å². The van der Waals surface area contributed by atoms with Crippen molar-refractivity contribution in [3.63, 3.8) is 0 Å². The SMILES string of the molecule is CC1CCN(c2ccc(CN)cc2Br)CC1C. The molecule has 0 amide bonds. The molecule has 17 heavy (non-hydrogen) atoms. The van der Waals surface area contributed by atoms with Gasteiger partial charge in [-0.3, -0.25) is 0 Å². The lowest BCUT2D eigenvalue weighted by molar-refractivity contribution is 0.324. The molecule has 0 saturated carbocycles. The van der Waals surface area contributed by atoms with Crippen molar-refractivity contribution in [1.82, 2.24) is 0 Å². The van der Waals surface area contributed by atoms with E-state index < -0.39 is 0 Å². The third kappa shape index (κ3) is 2.83. The molecule has 1 aliphatic heterocycles. The van der Waals surface area contributed by atoms with Gasteiger partial charge in [0.2, 0.25) is 0 Å². The predicted molar refractivity (Wildman–Crippen MR) is 77.2 cm³/mol. The molecule has 3 heteroatoms. The van der Waals surface area contributed by atoms with Gasteiger partial charge in [0.1, 0.15) is 0 Å². The first-order valence-corrected chi connectivity index (χ1v) is 7.14. The molecule has 1 saturated heterocycles. The number of hydrogen-bond acceptors (Lipinski definition) is 2. The molecule has 0 spiro atoms. The normalized spacial score (nSPS) is 25.1. The van der Waals surface area contributed by atoms with Gasteiger partial charge in [-0.2, -0.15) is 0 Å². The molecule has 94 valence electrons. The molecule has 0 bridgehead atoms. The van der Waals surface area contributed by atoms with Gasteiger partial charge in [0.05, 0.1) is 5.69 Å². The zero-order chi connectivity index (χ0) is 12.4. The highest BCUT2D eigenvalue weighted by Gasteiger charge is 2.23. The fourth-order valence-electron chi connectivity index (χ4n) is 2.42. The molecule has 2 atom stereocenters. The van der Waals surface area contributed by atoms with E-state index in [-0.39, 0.29) is 0 Å². The lowest BCUT2D eigenvalue weighted by atomic mass is 9.88. The lowest BCUT2D eigenvalue weighted by Crippen LogP contribution is -2.38. The molecule has 2 nitrogen and oxygen atoms in total. The molecular formula is C14H21BrN2. The van der Waals surface area contributed by atoms with Crippen molar-refractivity contribution in [2.45, 2.75) is 26.8 Å². The largest absolute Gasteiger partial charge is 0.370 e. The molecule has 0 aliphatic carbocycles. The van der Waals surface area contributed by atoms with E-state index in [1.807, 2.05) is 0 Å². The maximum absolute atomic E-state index is 5.65. The molecular weight excluding hydrogens is 276 g/mol. The monoisotopic (exact) mass is 296 g/mol. The van der Waals surface area contributed by atoms with Gasteiger partial charge in [-0.25, -0.2) is 0 Å². The summed E-state index contributed by atoms with van der Waals surface area (Å²) in [5.74, 6) is 1.61. The number of rotatable bonds is 2. The fraction of sp³-hybridized carbons (Fsp3) is 0.571. The van der Waals surface area contributed by atoms with Crippen LogP contribution in [0, 0.1) is 11.8 Å². The fourth-order valence-corrected chi connectivity index (χ4v) is 3.09. The number of benzene rings is 1. The summed E-state index contributed by atoms with van der Waals surface area (Å²) in [6.45, 7) is 7.62. The predicted octanol–water partition coefficient (Wildman–Crippen LogP) is 3.39. The van der Waals surface area contributed by atoms with Gasteiger partial charge in [-0.05, 0) is 51.9 Å². The minimum atomic E-state index is 0.603. The molecule has 0 radical (unpaired) electrons. The van der Waals surface area contributed by atoms with Crippen molar-refractivity contribution in [2.24, 2.45) is 17.6 Å². The van der Waals surface area contributed by atoms with Crippen LogP contribution in [0.3, 0.4) is 0 Å². The summed E-state index contributed by atoms with van der Waals surface area (Å²) in [4.78, 5) is 2.48. The molecule has 1 heterocycles. The van der Waals surface area contributed by atoms with Crippen LogP contribution < -0.4 is 10.6 Å². The van der Waals surface area contributed by atoms with Gasteiger partial charge in [-0.1, -0.05) is 19.9 Å². The number of anilines is 1. The van der Waals surface area contributed by atoms with Gasteiger partial charge in [-0.15, -0.1) is 0 Å². The smallest absolute Gasteiger partial charge is 0.0510 e. The molecule has 2 rings (SSSR count). The van der Waals surface area contributed by atoms with Crippen LogP contribution in [-0.2, 0) is 6.54 Å². The number of piperidine rings is 1. The summed E-state index contributed by atoms with van der Waals surface area (Å²) in [5, 5.41) is 0. The second-order valence-corrected chi connectivity index (χ2v) is 6.03. The molecule has 1 fully saturated rings. The van der Waals surface area contributed by atoms with Crippen LogP contribution in [-0.4, -0.2) is 13.1 Å². The standard InChI is InChI=1S/C14H21BrN2/c1-10-5-6-17(9-11(10)2)14-4-3-12(8-16)7-13(14)15/h3-4,7,10-11H,5-6,8-9,16H2,1-2H3. The third-order valence-electron chi connectivity index (χ3n) is 3.92. The summed E-state index contributed by atoms with van der Waals surface area (Å²) in [7, 11) is 0. The second-order valence-electron chi connectivity index (χ2n) is 5.18. The summed E-state index contributed by atoms with van der Waals surface area (Å²) in [6, 6.07) is 6.45. The highest BCUT2D eigenvalue weighted by molar-refractivity contribution is 9.10. The molecule has 2 unspecified atom stereocenters. The maximum atomic E-state index is 5.65. The van der Waals surface area contributed by atoms with Crippen molar-refractivity contribution in [3.8, 4) is 0 Å². The van der Waals surface area contributed by atoms with E-state index >= 15 is 0 Å². The van der Waals surface area contributed by atoms with Gasteiger partial charge >= 0.3 is 0 Å². The van der Waals surface area contributed by atoms with Crippen LogP contribution in [0.4, 0.5) is 5.69 Å². The molecule has 1 aliphatic rings. The Morgan fingerprint density at radius 2 is 2.12 bits per heavy atom. The van der Waals surface area contributed by atoms with E-state index in [0.29, 0.717) is 6.54 Å². The summed E-state index contributed by atoms with van der Waals surface area (Å²) in [6.07, 6.45) is 1.28. The quantitative estimate of drug-likeness (QED) is 0.906. The first-order valence-electron chi connectivity index (χ1n) is 6.35. The Balaban J connectivity index is 2.17. The zero-order valence-electron chi connectivity index (χ0n) is 10.6. The summed E-state index contributed by atoms with van der Waals surface area (Å²) >= 11 is 3.66. The van der Waals surface area contributed by atoms with Gasteiger partial charge in [0, 0.05) is 24.1 Å². The van der Waals surface area contributed by atoms with Crippen LogP contribution in [0.1, 0.15) is 25.8 Å². The van der Waals surface area contributed by atoms with Gasteiger partial charge in [0.25, 0.3) is 0 Å². The van der Waals surface area contributed by atoms with Crippen molar-refractivity contribution >= 4 is 21.6 Å². The third-order valence-corrected chi connectivity index (χ3v) is 4.56. The van der Waals surface area contributed by atoms with Crippen LogP contribution in [0.25, 0.3) is 0 Å². The number of hydrogen-bond donors (Lipinski definition) is 1. The molecule has 1 aromatic carbocycles. The van der Waals surface area contributed by atoms with Crippen molar-refractivity contribution in [1.29, 1.82) is 0 Å². The first kappa shape index (κ1) is 12.9. The lowest BCUT2D eigenvalue weighted by Gasteiger charge is -2.37. The zero-order valence-corrected chi connectivity index (χ0v) is 12.2. The molecule has 2 N–H and O–H groups in total. The van der Waals surface area contributed by atoms with Crippen LogP contribution >= 0.6 is 15.9 Å². The minimum absolute atomic E-state index is 0.603. The van der Waals surface area contributed by atoms with E-state index in [2.05, 4.69) is 52.9 Å². The van der Waals surface area contributed by atoms with Gasteiger partial charge in [0.15, 0.2) is 0 Å². The van der Waals surface area contributed by atoms with Crippen molar-refractivity contribution < 1.29 is 0 Å². The Kier molecular flexibility index (Phi) is 4.10. The molecule has 1 aromatic rings. The highest BCUT2D eigenvalue weighted by atomic mass is 79.9. The Hall–Kier alpha value is -0.540. The summed E-state index contributed by atoms with van der Waals surface area (Å²) in [5.41, 5.74) is 8.14. The van der Waals surface area contributed by atoms with E-state index in [0.717, 1.165) is 24.9 Å². The van der Waals surface area contributed by atoms with E-state index in [4.69, 9.17) is 5.73 Å². The van der Waals surface area contributed by atoms with Crippen LogP contribution in [0.15, 0.2) is 22.7 Å². The summed E-state index contributed by atoms with van der Waals surface area (Å²) < 4.78 is 1.17. The maximum Gasteiger partial charge on any atom is 0.0510 e. The van der Waals surface area contributed by atoms with Crippen LogP contribution in [0.2, 0.25) is 0 Å². The number of nitrogens with zero attached hydrogens (tertiary/aromatic N) is 1. The average molecular weight is 297 g/mol. The molecule has 0 aromatic heterocycles. The number of halogens is 1. The average Bonchev–Trinajstić information content (AvgIpc) is 2.32. The second kappa shape index (κ2) is 5.40. The topological polar surface area (TPSA) is 29.3 Å². The number of nitrogens with two attached hydrogens (primary N) is 1. The Labute approximate surface area is 112 Å².